The molecule has 0 aliphatic rings. The first-order valence-corrected chi connectivity index (χ1v) is 8.74. The highest BCUT2D eigenvalue weighted by atomic mass is 79.9. The van der Waals surface area contributed by atoms with Crippen LogP contribution in [0.1, 0.15) is 47.0 Å². The number of methoxy groups -OCH3 is 1. The summed E-state index contributed by atoms with van der Waals surface area (Å²) in [5.74, 6) is 0.810. The minimum atomic E-state index is -0.331. The zero-order valence-electron chi connectivity index (χ0n) is 14.7. The standard InChI is InChI=1S/C20H23BrO3/c1-12(2)19(15-6-8-16(9-7-15)20(22)23-5)24-17-10-13(3)18(21)14(4)11-17/h6-12,19H,1-5H3. The highest BCUT2D eigenvalue weighted by molar-refractivity contribution is 9.10. The fraction of sp³-hybridized carbons (Fsp3) is 0.350. The maximum absolute atomic E-state index is 11.6. The number of carbonyl (C=O) groups is 1. The van der Waals surface area contributed by atoms with Crippen LogP contribution in [0.3, 0.4) is 0 Å². The molecule has 0 aliphatic heterocycles. The van der Waals surface area contributed by atoms with E-state index in [0.717, 1.165) is 26.9 Å². The van der Waals surface area contributed by atoms with Crippen molar-refractivity contribution in [3.8, 4) is 5.75 Å². The van der Waals surface area contributed by atoms with Crippen molar-refractivity contribution in [3.05, 3.63) is 63.1 Å². The third-order valence-electron chi connectivity index (χ3n) is 3.94. The van der Waals surface area contributed by atoms with Gasteiger partial charge in [0.1, 0.15) is 11.9 Å². The van der Waals surface area contributed by atoms with Gasteiger partial charge in [-0.2, -0.15) is 0 Å². The van der Waals surface area contributed by atoms with E-state index in [1.54, 1.807) is 12.1 Å². The van der Waals surface area contributed by atoms with E-state index < -0.39 is 0 Å². The van der Waals surface area contributed by atoms with Crippen molar-refractivity contribution in [3.63, 3.8) is 0 Å². The Morgan fingerprint density at radius 3 is 2.04 bits per heavy atom. The van der Waals surface area contributed by atoms with Gasteiger partial charge in [-0.1, -0.05) is 41.9 Å². The monoisotopic (exact) mass is 390 g/mol. The first-order chi connectivity index (χ1) is 11.3. The summed E-state index contributed by atoms with van der Waals surface area (Å²) < 4.78 is 12.1. The van der Waals surface area contributed by atoms with E-state index in [-0.39, 0.29) is 12.1 Å². The molecule has 1 atom stereocenters. The van der Waals surface area contributed by atoms with E-state index in [4.69, 9.17) is 9.47 Å². The summed E-state index contributed by atoms with van der Waals surface area (Å²) in [4.78, 5) is 11.6. The number of hydrogen-bond donors (Lipinski definition) is 0. The summed E-state index contributed by atoms with van der Waals surface area (Å²) in [5.41, 5.74) is 3.87. The number of aryl methyl sites for hydroxylation is 2. The Bertz CT molecular complexity index is 697. The lowest BCUT2D eigenvalue weighted by Gasteiger charge is -2.24. The zero-order chi connectivity index (χ0) is 17.9. The molecule has 0 amide bonds. The van der Waals surface area contributed by atoms with E-state index in [1.165, 1.54) is 7.11 Å². The van der Waals surface area contributed by atoms with Gasteiger partial charge < -0.3 is 9.47 Å². The smallest absolute Gasteiger partial charge is 0.337 e. The molecule has 24 heavy (non-hydrogen) atoms. The lowest BCUT2D eigenvalue weighted by Crippen LogP contribution is -2.15. The van der Waals surface area contributed by atoms with Crippen LogP contribution >= 0.6 is 15.9 Å². The summed E-state index contributed by atoms with van der Waals surface area (Å²) in [5, 5.41) is 0. The topological polar surface area (TPSA) is 35.5 Å². The Hall–Kier alpha value is -1.81. The quantitative estimate of drug-likeness (QED) is 0.620. The molecule has 3 nitrogen and oxygen atoms in total. The fourth-order valence-corrected chi connectivity index (χ4v) is 2.87. The highest BCUT2D eigenvalue weighted by Crippen LogP contribution is 2.32. The molecule has 0 saturated heterocycles. The number of rotatable bonds is 5. The van der Waals surface area contributed by atoms with Crippen LogP contribution in [-0.4, -0.2) is 13.1 Å². The maximum Gasteiger partial charge on any atom is 0.337 e. The fourth-order valence-electron chi connectivity index (χ4n) is 2.64. The first kappa shape index (κ1) is 18.5. The van der Waals surface area contributed by atoms with E-state index in [9.17, 15) is 4.79 Å². The van der Waals surface area contributed by atoms with Crippen molar-refractivity contribution in [2.24, 2.45) is 5.92 Å². The maximum atomic E-state index is 11.6. The average molecular weight is 391 g/mol. The number of halogens is 1. The number of carbonyl (C=O) groups excluding carboxylic acids is 1. The van der Waals surface area contributed by atoms with Gasteiger partial charge in [0, 0.05) is 4.47 Å². The second-order valence-corrected chi connectivity index (χ2v) is 7.06. The molecule has 0 aliphatic carbocycles. The third-order valence-corrected chi connectivity index (χ3v) is 5.19. The molecule has 2 aromatic rings. The van der Waals surface area contributed by atoms with E-state index in [1.807, 2.05) is 24.3 Å². The Balaban J connectivity index is 2.28. The molecule has 2 rings (SSSR count). The molecule has 4 heteroatoms. The van der Waals surface area contributed by atoms with Gasteiger partial charge in [-0.15, -0.1) is 0 Å². The Morgan fingerprint density at radius 2 is 1.58 bits per heavy atom. The molecule has 0 radical (unpaired) electrons. The van der Waals surface area contributed by atoms with Gasteiger partial charge in [0.2, 0.25) is 0 Å². The molecule has 0 aromatic heterocycles. The minimum Gasteiger partial charge on any atom is -0.485 e. The largest absolute Gasteiger partial charge is 0.485 e. The minimum absolute atomic E-state index is 0.0864. The predicted octanol–water partition coefficient (Wildman–Crippen LogP) is 5.63. The van der Waals surface area contributed by atoms with Crippen LogP contribution in [0.4, 0.5) is 0 Å². The molecular formula is C20H23BrO3. The average Bonchev–Trinajstić information content (AvgIpc) is 2.56. The van der Waals surface area contributed by atoms with Crippen molar-refractivity contribution in [2.75, 3.05) is 7.11 Å². The van der Waals surface area contributed by atoms with Gasteiger partial charge in [-0.25, -0.2) is 4.79 Å². The normalized spacial score (nSPS) is 12.1. The van der Waals surface area contributed by atoms with Crippen molar-refractivity contribution in [1.82, 2.24) is 0 Å². The number of hydrogen-bond acceptors (Lipinski definition) is 3. The molecule has 0 heterocycles. The summed E-state index contributed by atoms with van der Waals surface area (Å²) in [6, 6.07) is 11.5. The van der Waals surface area contributed by atoms with Crippen molar-refractivity contribution in [1.29, 1.82) is 0 Å². The summed E-state index contributed by atoms with van der Waals surface area (Å²) >= 11 is 3.58. The van der Waals surface area contributed by atoms with Crippen molar-refractivity contribution >= 4 is 21.9 Å². The highest BCUT2D eigenvalue weighted by Gasteiger charge is 2.19. The van der Waals surface area contributed by atoms with Crippen LogP contribution in [0.25, 0.3) is 0 Å². The first-order valence-electron chi connectivity index (χ1n) is 7.95. The van der Waals surface area contributed by atoms with E-state index >= 15 is 0 Å². The molecule has 0 spiro atoms. The van der Waals surface area contributed by atoms with E-state index in [2.05, 4.69) is 43.6 Å². The second-order valence-electron chi connectivity index (χ2n) is 6.27. The van der Waals surface area contributed by atoms with Crippen molar-refractivity contribution in [2.45, 2.75) is 33.8 Å². The van der Waals surface area contributed by atoms with Gasteiger partial charge in [0.25, 0.3) is 0 Å². The van der Waals surface area contributed by atoms with Crippen LogP contribution in [0.5, 0.6) is 5.75 Å². The van der Waals surface area contributed by atoms with Gasteiger partial charge in [-0.05, 0) is 60.7 Å². The van der Waals surface area contributed by atoms with Crippen LogP contribution in [0.15, 0.2) is 40.9 Å². The van der Waals surface area contributed by atoms with Gasteiger partial charge in [0.15, 0.2) is 0 Å². The molecule has 0 fully saturated rings. The Labute approximate surface area is 152 Å². The SMILES string of the molecule is COC(=O)c1ccc(C(Oc2cc(C)c(Br)c(C)c2)C(C)C)cc1. The molecule has 2 aromatic carbocycles. The Kier molecular flexibility index (Phi) is 6.05. The van der Waals surface area contributed by atoms with Crippen LogP contribution < -0.4 is 4.74 Å². The van der Waals surface area contributed by atoms with Gasteiger partial charge in [0.05, 0.1) is 12.7 Å². The molecule has 1 unspecified atom stereocenters. The second kappa shape index (κ2) is 7.84. The number of esters is 1. The summed E-state index contributed by atoms with van der Waals surface area (Å²) in [7, 11) is 1.38. The van der Waals surface area contributed by atoms with Crippen molar-refractivity contribution < 1.29 is 14.3 Å². The van der Waals surface area contributed by atoms with Gasteiger partial charge in [-0.3, -0.25) is 0 Å². The molecular weight excluding hydrogens is 368 g/mol. The lowest BCUT2D eigenvalue weighted by atomic mass is 9.97. The summed E-state index contributed by atoms with van der Waals surface area (Å²) in [6.45, 7) is 8.36. The van der Waals surface area contributed by atoms with Gasteiger partial charge >= 0.3 is 5.97 Å². The van der Waals surface area contributed by atoms with Crippen LogP contribution in [0.2, 0.25) is 0 Å². The summed E-state index contributed by atoms with van der Waals surface area (Å²) in [6.07, 6.45) is -0.0864. The lowest BCUT2D eigenvalue weighted by molar-refractivity contribution is 0.0600. The van der Waals surface area contributed by atoms with Crippen LogP contribution in [0, 0.1) is 19.8 Å². The zero-order valence-corrected chi connectivity index (χ0v) is 16.3. The van der Waals surface area contributed by atoms with Crippen LogP contribution in [-0.2, 0) is 4.74 Å². The predicted molar refractivity (Wildman–Crippen MR) is 99.6 cm³/mol. The Morgan fingerprint density at radius 1 is 1.04 bits per heavy atom. The molecule has 0 bridgehead atoms. The molecule has 0 saturated carbocycles. The number of benzene rings is 2. The molecule has 128 valence electrons. The number of ether oxygens (including phenoxy) is 2. The molecule has 0 N–H and O–H groups in total. The van der Waals surface area contributed by atoms with E-state index in [0.29, 0.717) is 11.5 Å². The third kappa shape index (κ3) is 4.18.